The van der Waals surface area contributed by atoms with Gasteiger partial charge in [-0.3, -0.25) is 4.79 Å². The Morgan fingerprint density at radius 2 is 2.06 bits per heavy atom. The van der Waals surface area contributed by atoms with Crippen LogP contribution in [0.2, 0.25) is 5.02 Å². The van der Waals surface area contributed by atoms with Crippen molar-refractivity contribution in [2.75, 3.05) is 17.7 Å². The third-order valence-electron chi connectivity index (χ3n) is 4.38. The normalized spacial score (nSPS) is 28.9. The molecule has 0 saturated heterocycles. The number of carbonyl (C=O) groups excluding carboxylic acids is 1. The third kappa shape index (κ3) is 1.77. The van der Waals surface area contributed by atoms with Crippen molar-refractivity contribution in [1.29, 1.82) is 0 Å². The molecular formula is C14H17ClN2O. The number of anilines is 2. The van der Waals surface area contributed by atoms with Gasteiger partial charge in [-0.1, -0.05) is 18.0 Å². The van der Waals surface area contributed by atoms with Gasteiger partial charge < -0.3 is 10.6 Å². The van der Waals surface area contributed by atoms with Crippen LogP contribution in [0.5, 0.6) is 0 Å². The number of rotatable bonds is 2. The Balaban J connectivity index is 1.80. The van der Waals surface area contributed by atoms with E-state index in [9.17, 15) is 4.79 Å². The van der Waals surface area contributed by atoms with E-state index in [0.29, 0.717) is 22.5 Å². The highest BCUT2D eigenvalue weighted by molar-refractivity contribution is 6.31. The molecule has 1 aromatic carbocycles. The van der Waals surface area contributed by atoms with Crippen LogP contribution in [0.1, 0.15) is 19.3 Å². The van der Waals surface area contributed by atoms with E-state index in [4.69, 9.17) is 17.3 Å². The zero-order valence-electron chi connectivity index (χ0n) is 10.4. The highest BCUT2D eigenvalue weighted by Crippen LogP contribution is 2.58. The molecule has 0 heterocycles. The first-order chi connectivity index (χ1) is 8.59. The summed E-state index contributed by atoms with van der Waals surface area (Å²) in [6.07, 6.45) is 3.70. The van der Waals surface area contributed by atoms with Crippen molar-refractivity contribution in [3.63, 3.8) is 0 Å². The van der Waals surface area contributed by atoms with Crippen LogP contribution in [-0.2, 0) is 4.79 Å². The van der Waals surface area contributed by atoms with E-state index in [0.717, 1.165) is 5.69 Å². The minimum atomic E-state index is 0.193. The molecule has 2 atom stereocenters. The van der Waals surface area contributed by atoms with Gasteiger partial charge in [0.1, 0.15) is 0 Å². The molecule has 2 saturated carbocycles. The van der Waals surface area contributed by atoms with Gasteiger partial charge in [0.25, 0.3) is 0 Å². The molecule has 0 radical (unpaired) electrons. The lowest BCUT2D eigenvalue weighted by atomic mass is 10.1. The number of nitrogens with two attached hydrogens (primary N) is 1. The van der Waals surface area contributed by atoms with Crippen LogP contribution in [0.4, 0.5) is 11.4 Å². The zero-order valence-corrected chi connectivity index (χ0v) is 11.2. The van der Waals surface area contributed by atoms with Gasteiger partial charge in [0, 0.05) is 18.0 Å². The van der Waals surface area contributed by atoms with E-state index < -0.39 is 0 Å². The van der Waals surface area contributed by atoms with Crippen molar-refractivity contribution >= 4 is 28.9 Å². The number of amides is 1. The lowest BCUT2D eigenvalue weighted by molar-refractivity contribution is -0.120. The van der Waals surface area contributed by atoms with Crippen molar-refractivity contribution in [1.82, 2.24) is 0 Å². The lowest BCUT2D eigenvalue weighted by Gasteiger charge is -2.20. The summed E-state index contributed by atoms with van der Waals surface area (Å²) in [5.41, 5.74) is 7.23. The molecule has 2 aliphatic carbocycles. The monoisotopic (exact) mass is 264 g/mol. The predicted molar refractivity (Wildman–Crippen MR) is 73.6 cm³/mol. The minimum Gasteiger partial charge on any atom is -0.397 e. The first kappa shape index (κ1) is 11.8. The quantitative estimate of drug-likeness (QED) is 0.835. The summed E-state index contributed by atoms with van der Waals surface area (Å²) < 4.78 is 0. The van der Waals surface area contributed by atoms with Crippen molar-refractivity contribution in [3.8, 4) is 0 Å². The van der Waals surface area contributed by atoms with Gasteiger partial charge in [0.05, 0.1) is 11.4 Å². The molecule has 0 aliphatic heterocycles. The fraction of sp³-hybridized carbons (Fsp3) is 0.500. The van der Waals surface area contributed by atoms with Gasteiger partial charge in [0.2, 0.25) is 5.91 Å². The maximum Gasteiger partial charge on any atom is 0.230 e. The molecule has 2 fully saturated rings. The lowest BCUT2D eigenvalue weighted by Crippen LogP contribution is -2.29. The highest BCUT2D eigenvalue weighted by Gasteiger charge is 2.57. The van der Waals surface area contributed by atoms with E-state index in [-0.39, 0.29) is 11.8 Å². The number of carbonyl (C=O) groups is 1. The fourth-order valence-corrected chi connectivity index (χ4v) is 3.50. The third-order valence-corrected chi connectivity index (χ3v) is 4.61. The minimum absolute atomic E-state index is 0.193. The summed E-state index contributed by atoms with van der Waals surface area (Å²) >= 11 is 5.96. The molecule has 1 aromatic rings. The van der Waals surface area contributed by atoms with Crippen LogP contribution in [0.3, 0.4) is 0 Å². The molecule has 2 aliphatic rings. The number of nitrogens with zero attached hydrogens (tertiary/aromatic N) is 1. The Morgan fingerprint density at radius 3 is 2.72 bits per heavy atom. The number of halogens is 1. The Hall–Kier alpha value is -1.22. The summed E-state index contributed by atoms with van der Waals surface area (Å²) in [5, 5.41) is 0.606. The van der Waals surface area contributed by atoms with Gasteiger partial charge in [-0.2, -0.15) is 0 Å². The van der Waals surface area contributed by atoms with Gasteiger partial charge >= 0.3 is 0 Å². The average molecular weight is 265 g/mol. The van der Waals surface area contributed by atoms with Crippen LogP contribution < -0.4 is 10.6 Å². The molecule has 3 rings (SSSR count). The van der Waals surface area contributed by atoms with E-state index in [1.807, 2.05) is 0 Å². The Morgan fingerprint density at radius 1 is 1.39 bits per heavy atom. The first-order valence-corrected chi connectivity index (χ1v) is 6.80. The summed E-state index contributed by atoms with van der Waals surface area (Å²) in [6, 6.07) is 5.24. The van der Waals surface area contributed by atoms with Crippen molar-refractivity contribution < 1.29 is 4.79 Å². The molecule has 18 heavy (non-hydrogen) atoms. The van der Waals surface area contributed by atoms with Gasteiger partial charge in [-0.05, 0) is 42.9 Å². The van der Waals surface area contributed by atoms with E-state index >= 15 is 0 Å². The summed E-state index contributed by atoms with van der Waals surface area (Å²) in [4.78, 5) is 14.1. The SMILES string of the molecule is CN(C(=O)C1C2CCCC21)c1cc(Cl)ccc1N. The molecule has 0 spiro atoms. The number of hydrogen-bond donors (Lipinski definition) is 1. The molecule has 0 bridgehead atoms. The Bertz CT molecular complexity index is 493. The van der Waals surface area contributed by atoms with Gasteiger partial charge in [-0.15, -0.1) is 0 Å². The molecule has 2 N–H and O–H groups in total. The number of nitrogen functional groups attached to an aromatic ring is 1. The first-order valence-electron chi connectivity index (χ1n) is 6.42. The number of fused-ring (bicyclic) bond motifs is 1. The largest absolute Gasteiger partial charge is 0.397 e. The van der Waals surface area contributed by atoms with Gasteiger partial charge in [-0.25, -0.2) is 0 Å². The molecular weight excluding hydrogens is 248 g/mol. The van der Waals surface area contributed by atoms with Crippen molar-refractivity contribution in [2.45, 2.75) is 19.3 Å². The van der Waals surface area contributed by atoms with Crippen LogP contribution in [0.25, 0.3) is 0 Å². The standard InChI is InChI=1S/C14H17ClN2O/c1-17(12-7-8(15)5-6-11(12)16)14(18)13-9-3-2-4-10(9)13/h5-7,9-10,13H,2-4,16H2,1H3. The molecule has 0 aromatic heterocycles. The maximum atomic E-state index is 12.4. The number of benzene rings is 1. The summed E-state index contributed by atoms with van der Waals surface area (Å²) in [7, 11) is 1.79. The predicted octanol–water partition coefficient (Wildman–Crippen LogP) is 2.93. The molecule has 3 nitrogen and oxygen atoms in total. The second-order valence-corrected chi connectivity index (χ2v) is 5.82. The van der Waals surface area contributed by atoms with Crippen LogP contribution in [-0.4, -0.2) is 13.0 Å². The molecule has 1 amide bonds. The van der Waals surface area contributed by atoms with Gasteiger partial charge in [0.15, 0.2) is 0 Å². The van der Waals surface area contributed by atoms with E-state index in [2.05, 4.69) is 0 Å². The topological polar surface area (TPSA) is 46.3 Å². The second-order valence-electron chi connectivity index (χ2n) is 5.38. The van der Waals surface area contributed by atoms with Crippen LogP contribution in [0, 0.1) is 17.8 Å². The van der Waals surface area contributed by atoms with E-state index in [1.54, 1.807) is 30.1 Å². The summed E-state index contributed by atoms with van der Waals surface area (Å²) in [6.45, 7) is 0. The Kier molecular flexibility index (Phi) is 2.74. The molecule has 2 unspecified atom stereocenters. The maximum absolute atomic E-state index is 12.4. The molecule has 4 heteroatoms. The van der Waals surface area contributed by atoms with Crippen molar-refractivity contribution in [3.05, 3.63) is 23.2 Å². The number of hydrogen-bond acceptors (Lipinski definition) is 2. The summed E-state index contributed by atoms with van der Waals surface area (Å²) in [5.74, 6) is 1.67. The van der Waals surface area contributed by atoms with Crippen molar-refractivity contribution in [2.24, 2.45) is 17.8 Å². The highest BCUT2D eigenvalue weighted by atomic mass is 35.5. The smallest absolute Gasteiger partial charge is 0.230 e. The fourth-order valence-electron chi connectivity index (χ4n) is 3.34. The van der Waals surface area contributed by atoms with Crippen LogP contribution >= 0.6 is 11.6 Å². The van der Waals surface area contributed by atoms with Crippen LogP contribution in [0.15, 0.2) is 18.2 Å². The molecule has 96 valence electrons. The average Bonchev–Trinajstić information content (AvgIpc) is 2.83. The Labute approximate surface area is 112 Å². The second kappa shape index (κ2) is 4.16. The zero-order chi connectivity index (χ0) is 12.9. The van der Waals surface area contributed by atoms with E-state index in [1.165, 1.54) is 19.3 Å².